The summed E-state index contributed by atoms with van der Waals surface area (Å²) in [7, 11) is -5.38. The molecule has 1 rings (SSSR count). The molecule has 1 aromatic rings. The van der Waals surface area contributed by atoms with E-state index in [-0.39, 0.29) is 16.5 Å². The molecule has 0 atom stereocenters. The van der Waals surface area contributed by atoms with E-state index in [0.717, 1.165) is 5.56 Å². The van der Waals surface area contributed by atoms with E-state index >= 15 is 0 Å². The van der Waals surface area contributed by atoms with E-state index in [4.69, 9.17) is 8.61 Å². The number of rotatable bonds is 9. The first-order chi connectivity index (χ1) is 12.0. The number of hydrogen-bond acceptors (Lipinski definition) is 4. The molecule has 0 aliphatic rings. The molecule has 146 valence electrons. The summed E-state index contributed by atoms with van der Waals surface area (Å²) in [5, 5.41) is 0.205. The molecule has 0 heterocycles. The molecule has 6 heteroatoms. The van der Waals surface area contributed by atoms with E-state index in [1.54, 1.807) is 24.3 Å². The number of allylic oxidation sites excluding steroid dienone is 2. The molecule has 0 fully saturated rings. The van der Waals surface area contributed by atoms with E-state index in [1.807, 2.05) is 31.2 Å². The second-order valence-electron chi connectivity index (χ2n) is 7.81. The Morgan fingerprint density at radius 3 is 2.19 bits per heavy atom. The van der Waals surface area contributed by atoms with Gasteiger partial charge in [0.05, 0.1) is 18.1 Å². The summed E-state index contributed by atoms with van der Waals surface area (Å²) in [6, 6.07) is 6.64. The standard InChI is InChI=1S/C20H32O4SSi/c1-18-12-14-19(15-13-18)25(21,22)23-16-10-8-7-9-11-17-24-26(5,6)20(2,3)4/h7-9,11-15H,10,16-17H2,1-6H3/b8-7+,11-9+. The van der Waals surface area contributed by atoms with Gasteiger partial charge in [-0.15, -0.1) is 0 Å². The van der Waals surface area contributed by atoms with Crippen molar-refractivity contribution in [2.75, 3.05) is 13.2 Å². The Morgan fingerprint density at radius 1 is 1.04 bits per heavy atom. The van der Waals surface area contributed by atoms with Gasteiger partial charge < -0.3 is 4.43 Å². The molecule has 0 amide bonds. The molecule has 1 aromatic carbocycles. The van der Waals surface area contributed by atoms with Crippen molar-refractivity contribution < 1.29 is 17.0 Å². The van der Waals surface area contributed by atoms with Gasteiger partial charge in [-0.2, -0.15) is 8.42 Å². The third kappa shape index (κ3) is 7.58. The van der Waals surface area contributed by atoms with Crippen molar-refractivity contribution in [3.8, 4) is 0 Å². The van der Waals surface area contributed by atoms with Gasteiger partial charge in [0.25, 0.3) is 10.1 Å². The minimum atomic E-state index is -3.68. The molecule has 0 saturated heterocycles. The van der Waals surface area contributed by atoms with Crippen LogP contribution in [0.4, 0.5) is 0 Å². The predicted octanol–water partition coefficient (Wildman–Crippen LogP) is 5.22. The maximum atomic E-state index is 12.0. The smallest absolute Gasteiger partial charge is 0.296 e. The molecule has 0 aromatic heterocycles. The zero-order valence-electron chi connectivity index (χ0n) is 16.8. The van der Waals surface area contributed by atoms with Crippen LogP contribution in [0.15, 0.2) is 53.5 Å². The number of benzene rings is 1. The highest BCUT2D eigenvalue weighted by atomic mass is 32.2. The van der Waals surface area contributed by atoms with E-state index in [2.05, 4.69) is 33.9 Å². The van der Waals surface area contributed by atoms with Gasteiger partial charge in [-0.1, -0.05) is 62.8 Å². The molecule has 0 aliphatic heterocycles. The summed E-state index contributed by atoms with van der Waals surface area (Å²) < 4.78 is 35.1. The van der Waals surface area contributed by atoms with Gasteiger partial charge in [0.1, 0.15) is 0 Å². The van der Waals surface area contributed by atoms with Crippen molar-refractivity contribution >= 4 is 18.4 Å². The zero-order chi connectivity index (χ0) is 19.8. The van der Waals surface area contributed by atoms with E-state index < -0.39 is 18.4 Å². The Labute approximate surface area is 160 Å². The van der Waals surface area contributed by atoms with Crippen molar-refractivity contribution in [1.29, 1.82) is 0 Å². The summed E-state index contributed by atoms with van der Waals surface area (Å²) in [6.45, 7) is 13.7. The molecular weight excluding hydrogens is 364 g/mol. The highest BCUT2D eigenvalue weighted by molar-refractivity contribution is 7.86. The van der Waals surface area contributed by atoms with Gasteiger partial charge in [0.2, 0.25) is 0 Å². The van der Waals surface area contributed by atoms with Crippen molar-refractivity contribution in [3.05, 3.63) is 54.1 Å². The van der Waals surface area contributed by atoms with Crippen LogP contribution in [0.2, 0.25) is 18.1 Å². The summed E-state index contributed by atoms with van der Waals surface area (Å²) in [5.41, 5.74) is 1.01. The van der Waals surface area contributed by atoms with Gasteiger partial charge in [0.15, 0.2) is 8.32 Å². The van der Waals surface area contributed by atoms with Crippen molar-refractivity contribution in [3.63, 3.8) is 0 Å². The van der Waals surface area contributed by atoms with Gasteiger partial charge >= 0.3 is 0 Å². The second-order valence-corrected chi connectivity index (χ2v) is 14.2. The van der Waals surface area contributed by atoms with E-state index in [0.29, 0.717) is 13.0 Å². The van der Waals surface area contributed by atoms with E-state index in [9.17, 15) is 8.42 Å². The van der Waals surface area contributed by atoms with Crippen molar-refractivity contribution in [1.82, 2.24) is 0 Å². The monoisotopic (exact) mass is 396 g/mol. The lowest BCUT2D eigenvalue weighted by atomic mass is 10.2. The first-order valence-electron chi connectivity index (χ1n) is 8.87. The quantitative estimate of drug-likeness (QED) is 0.248. The van der Waals surface area contributed by atoms with Crippen LogP contribution in [0.5, 0.6) is 0 Å². The van der Waals surface area contributed by atoms with E-state index in [1.165, 1.54) is 0 Å². The van der Waals surface area contributed by atoms with Crippen molar-refractivity contribution in [2.45, 2.75) is 57.1 Å². The topological polar surface area (TPSA) is 52.6 Å². The van der Waals surface area contributed by atoms with Gasteiger partial charge in [0, 0.05) is 0 Å². The molecule has 4 nitrogen and oxygen atoms in total. The van der Waals surface area contributed by atoms with Crippen LogP contribution >= 0.6 is 0 Å². The SMILES string of the molecule is Cc1ccc(S(=O)(=O)OCC/C=C/C=C/CO[Si](C)(C)C(C)(C)C)cc1. The molecular formula is C20H32O4SSi. The normalized spacial score (nSPS) is 13.8. The second kappa shape index (κ2) is 9.64. The molecule has 0 N–H and O–H groups in total. The number of hydrogen-bond donors (Lipinski definition) is 0. The summed E-state index contributed by atoms with van der Waals surface area (Å²) >= 11 is 0. The molecule has 0 spiro atoms. The molecule has 0 aliphatic carbocycles. The van der Waals surface area contributed by atoms with Gasteiger partial charge in [-0.3, -0.25) is 4.18 Å². The summed E-state index contributed by atoms with van der Waals surface area (Å²) in [5.74, 6) is 0. The minimum absolute atomic E-state index is 0.126. The highest BCUT2D eigenvalue weighted by Gasteiger charge is 2.36. The van der Waals surface area contributed by atoms with Crippen LogP contribution in [-0.2, 0) is 18.7 Å². The summed E-state index contributed by atoms with van der Waals surface area (Å²) in [6.07, 6.45) is 8.19. The number of aryl methyl sites for hydroxylation is 1. The molecule has 0 bridgehead atoms. The third-order valence-electron chi connectivity index (χ3n) is 4.56. The first-order valence-corrected chi connectivity index (χ1v) is 13.2. The zero-order valence-corrected chi connectivity index (χ0v) is 18.6. The van der Waals surface area contributed by atoms with Crippen LogP contribution in [-0.4, -0.2) is 29.9 Å². The predicted molar refractivity (Wildman–Crippen MR) is 110 cm³/mol. The third-order valence-corrected chi connectivity index (χ3v) is 10.4. The average Bonchev–Trinajstić information content (AvgIpc) is 2.52. The Hall–Kier alpha value is -1.21. The fourth-order valence-corrected chi connectivity index (χ4v) is 3.65. The Kier molecular flexibility index (Phi) is 8.47. The average molecular weight is 397 g/mol. The Bertz CT molecular complexity index is 711. The van der Waals surface area contributed by atoms with Crippen LogP contribution in [0, 0.1) is 6.92 Å². The lowest BCUT2D eigenvalue weighted by molar-refractivity contribution is 0.324. The maximum absolute atomic E-state index is 12.0. The molecule has 0 saturated carbocycles. The fraction of sp³-hybridized carbons (Fsp3) is 0.500. The lowest BCUT2D eigenvalue weighted by Crippen LogP contribution is -2.40. The largest absolute Gasteiger partial charge is 0.413 e. The van der Waals surface area contributed by atoms with Crippen LogP contribution in [0.25, 0.3) is 0 Å². The molecule has 0 unspecified atom stereocenters. The lowest BCUT2D eigenvalue weighted by Gasteiger charge is -2.35. The van der Waals surface area contributed by atoms with Crippen LogP contribution < -0.4 is 0 Å². The van der Waals surface area contributed by atoms with Gasteiger partial charge in [-0.25, -0.2) is 0 Å². The Morgan fingerprint density at radius 2 is 1.62 bits per heavy atom. The van der Waals surface area contributed by atoms with Crippen LogP contribution in [0.1, 0.15) is 32.8 Å². The highest BCUT2D eigenvalue weighted by Crippen LogP contribution is 2.36. The Balaban J connectivity index is 2.32. The maximum Gasteiger partial charge on any atom is 0.296 e. The van der Waals surface area contributed by atoms with Gasteiger partial charge in [-0.05, 0) is 43.6 Å². The van der Waals surface area contributed by atoms with Crippen molar-refractivity contribution in [2.24, 2.45) is 0 Å². The fourth-order valence-electron chi connectivity index (χ4n) is 1.78. The first kappa shape index (κ1) is 22.8. The molecule has 0 radical (unpaired) electrons. The summed E-state index contributed by atoms with van der Waals surface area (Å²) in [4.78, 5) is 0.190. The van der Waals surface area contributed by atoms with Crippen LogP contribution in [0.3, 0.4) is 0 Å². The molecule has 26 heavy (non-hydrogen) atoms. The minimum Gasteiger partial charge on any atom is -0.413 e.